The molecule has 2 aliphatic rings. The normalized spacial score (nSPS) is 17.2. The molecule has 1 amide bonds. The molecule has 0 bridgehead atoms. The fraction of sp³-hybridized carbons (Fsp3) is 0.417. The van der Waals surface area contributed by atoms with Crippen LogP contribution in [0.15, 0.2) is 48.7 Å². The van der Waals surface area contributed by atoms with Crippen LogP contribution < -0.4 is 15.0 Å². The second-order valence-corrected chi connectivity index (χ2v) is 12.5. The average molecular weight is 611 g/mol. The zero-order valence-corrected chi connectivity index (χ0v) is 26.9. The molecule has 2 aliphatic heterocycles. The second kappa shape index (κ2) is 13.0. The van der Waals surface area contributed by atoms with E-state index in [2.05, 4.69) is 83.9 Å². The van der Waals surface area contributed by atoms with Gasteiger partial charge in [-0.1, -0.05) is 32.9 Å². The summed E-state index contributed by atoms with van der Waals surface area (Å²) in [7, 11) is 1.52. The van der Waals surface area contributed by atoms with Crippen LogP contribution in [-0.4, -0.2) is 65.7 Å². The molecule has 0 radical (unpaired) electrons. The maximum atomic E-state index is 14.0. The lowest BCUT2D eigenvalue weighted by Crippen LogP contribution is -2.48. The number of amides is 1. The number of benzene rings is 1. The molecule has 0 saturated carbocycles. The van der Waals surface area contributed by atoms with Gasteiger partial charge in [0.25, 0.3) is 0 Å². The maximum Gasteiger partial charge on any atom is 0.210 e. The number of methoxy groups -OCH3 is 1. The van der Waals surface area contributed by atoms with Gasteiger partial charge in [-0.05, 0) is 67.6 Å². The van der Waals surface area contributed by atoms with E-state index in [0.29, 0.717) is 37.1 Å². The maximum absolute atomic E-state index is 14.0. The molecule has 1 aromatic carbocycles. The number of fused-ring (bicyclic) bond motifs is 1. The molecule has 45 heavy (non-hydrogen) atoms. The van der Waals surface area contributed by atoms with Crippen molar-refractivity contribution in [1.29, 1.82) is 0 Å². The molecule has 9 heteroatoms. The molecule has 3 aromatic heterocycles. The number of halogens is 1. The van der Waals surface area contributed by atoms with Gasteiger partial charge in [0.1, 0.15) is 5.82 Å². The van der Waals surface area contributed by atoms with E-state index in [4.69, 9.17) is 9.72 Å². The van der Waals surface area contributed by atoms with Gasteiger partial charge in [0.2, 0.25) is 6.41 Å². The molecule has 1 unspecified atom stereocenters. The first-order chi connectivity index (χ1) is 21.8. The highest BCUT2D eigenvalue weighted by atomic mass is 19.1. The summed E-state index contributed by atoms with van der Waals surface area (Å²) in [5.74, 6) is 0.957. The van der Waals surface area contributed by atoms with Gasteiger partial charge in [-0.15, -0.1) is 0 Å². The summed E-state index contributed by atoms with van der Waals surface area (Å²) >= 11 is 0. The number of hydrogen-bond acceptors (Lipinski definition) is 6. The number of nitrogens with zero attached hydrogens (tertiary/aromatic N) is 5. The van der Waals surface area contributed by atoms with Crippen molar-refractivity contribution in [3.8, 4) is 16.9 Å². The average Bonchev–Trinajstić information content (AvgIpc) is 3.41. The van der Waals surface area contributed by atoms with Crippen molar-refractivity contribution in [2.24, 2.45) is 5.92 Å². The number of aryl methyl sites for hydroxylation is 2. The summed E-state index contributed by atoms with van der Waals surface area (Å²) < 4.78 is 22.0. The van der Waals surface area contributed by atoms with Crippen LogP contribution in [0.4, 0.5) is 10.2 Å². The van der Waals surface area contributed by atoms with Gasteiger partial charge in [0.15, 0.2) is 11.6 Å². The van der Waals surface area contributed by atoms with Crippen molar-refractivity contribution in [3.63, 3.8) is 0 Å². The van der Waals surface area contributed by atoms with Crippen molar-refractivity contribution >= 4 is 28.7 Å². The number of rotatable bonds is 9. The molecule has 1 saturated heterocycles. The molecule has 1 atom stereocenters. The minimum Gasteiger partial charge on any atom is -0.493 e. The van der Waals surface area contributed by atoms with Gasteiger partial charge in [0, 0.05) is 72.4 Å². The molecular formula is C36H43FN6O2. The third-order valence-electron chi connectivity index (χ3n) is 8.98. The summed E-state index contributed by atoms with van der Waals surface area (Å²) in [5.41, 5.74) is 9.05. The summed E-state index contributed by atoms with van der Waals surface area (Å²) in [6.45, 7) is 13.0. The van der Waals surface area contributed by atoms with Crippen LogP contribution in [0.3, 0.4) is 0 Å². The van der Waals surface area contributed by atoms with E-state index in [1.807, 2.05) is 4.90 Å². The molecule has 6 rings (SSSR count). The highest BCUT2D eigenvalue weighted by molar-refractivity contribution is 5.98. The van der Waals surface area contributed by atoms with Crippen LogP contribution in [0.2, 0.25) is 0 Å². The predicted molar refractivity (Wildman–Crippen MR) is 178 cm³/mol. The van der Waals surface area contributed by atoms with Crippen molar-refractivity contribution in [1.82, 2.24) is 24.8 Å². The Morgan fingerprint density at radius 3 is 2.69 bits per heavy atom. The van der Waals surface area contributed by atoms with Crippen LogP contribution in [0.1, 0.15) is 55.9 Å². The number of anilines is 1. The summed E-state index contributed by atoms with van der Waals surface area (Å²) in [6.07, 6.45) is 6.40. The van der Waals surface area contributed by atoms with Crippen molar-refractivity contribution in [2.75, 3.05) is 44.7 Å². The van der Waals surface area contributed by atoms with Gasteiger partial charge in [0.05, 0.1) is 24.9 Å². The van der Waals surface area contributed by atoms with Gasteiger partial charge >= 0.3 is 0 Å². The number of carbonyl (C=O) groups excluding carboxylic acids is 1. The van der Waals surface area contributed by atoms with Gasteiger partial charge < -0.3 is 24.4 Å². The van der Waals surface area contributed by atoms with Crippen LogP contribution in [0, 0.1) is 18.7 Å². The first-order valence-corrected chi connectivity index (χ1v) is 16.0. The number of piperazine rings is 1. The molecule has 1 fully saturated rings. The molecule has 5 heterocycles. The Kier molecular flexibility index (Phi) is 8.90. The number of ether oxygens (including phenoxy) is 1. The minimum absolute atomic E-state index is 0.244. The first kappa shape index (κ1) is 30.8. The Hall–Kier alpha value is -4.24. The molecule has 236 valence electrons. The lowest BCUT2D eigenvalue weighted by Gasteiger charge is -2.40. The van der Waals surface area contributed by atoms with E-state index in [9.17, 15) is 9.18 Å². The minimum atomic E-state index is -0.447. The molecule has 0 aliphatic carbocycles. The second-order valence-electron chi connectivity index (χ2n) is 12.5. The van der Waals surface area contributed by atoms with Crippen LogP contribution in [0.5, 0.6) is 5.75 Å². The lowest BCUT2D eigenvalue weighted by atomic mass is 9.94. The van der Waals surface area contributed by atoms with Gasteiger partial charge in [-0.3, -0.25) is 9.78 Å². The molecule has 4 aromatic rings. The quantitative estimate of drug-likeness (QED) is 0.229. The third-order valence-corrected chi connectivity index (χ3v) is 8.98. The standard InChI is InChI=1S/C36H43FN6O2/c1-6-29-9-10-30(24(4)40-29)31-15-26(14-27-16-32(25-8-7-11-38-18-25)43(35(27)31)20-23(2)3)33-21-41(12-13-42(33)22-44)36-34(45-5)17-28(37)19-39-36/h8-10,14-17,19,22-23,33,38H,6-7,11-13,18,20-21H2,1-5H3. The Morgan fingerprint density at radius 1 is 1.16 bits per heavy atom. The van der Waals surface area contributed by atoms with Crippen molar-refractivity contribution in [3.05, 3.63) is 77.1 Å². The number of hydrogen-bond donors (Lipinski definition) is 1. The Bertz CT molecular complexity index is 1750. The van der Waals surface area contributed by atoms with Crippen molar-refractivity contribution in [2.45, 2.75) is 53.1 Å². The zero-order chi connectivity index (χ0) is 31.7. The summed E-state index contributed by atoms with van der Waals surface area (Å²) in [5, 5.41) is 4.70. The number of nitrogens with one attached hydrogen (secondary N) is 1. The number of carbonyl (C=O) groups is 1. The van der Waals surface area contributed by atoms with E-state index in [0.717, 1.165) is 72.4 Å². The summed E-state index contributed by atoms with van der Waals surface area (Å²) in [6, 6.07) is 12.3. The Balaban J connectivity index is 1.55. The van der Waals surface area contributed by atoms with Crippen LogP contribution in [0.25, 0.3) is 27.6 Å². The van der Waals surface area contributed by atoms with E-state index in [1.54, 1.807) is 0 Å². The Morgan fingerprint density at radius 2 is 2.00 bits per heavy atom. The topological polar surface area (TPSA) is 75.5 Å². The van der Waals surface area contributed by atoms with E-state index < -0.39 is 5.82 Å². The first-order valence-electron chi connectivity index (χ1n) is 16.0. The fourth-order valence-corrected chi connectivity index (χ4v) is 6.80. The zero-order valence-electron chi connectivity index (χ0n) is 26.9. The molecule has 0 spiro atoms. The molecular weight excluding hydrogens is 567 g/mol. The summed E-state index contributed by atoms with van der Waals surface area (Å²) in [4.78, 5) is 25.8. The highest BCUT2D eigenvalue weighted by Gasteiger charge is 2.31. The van der Waals surface area contributed by atoms with Gasteiger partial charge in [-0.25, -0.2) is 9.37 Å². The lowest BCUT2D eigenvalue weighted by molar-refractivity contribution is -0.120. The smallest absolute Gasteiger partial charge is 0.210 e. The Labute approximate surface area is 264 Å². The van der Waals surface area contributed by atoms with Crippen LogP contribution in [-0.2, 0) is 17.8 Å². The number of pyridine rings is 2. The van der Waals surface area contributed by atoms with Gasteiger partial charge in [-0.2, -0.15) is 0 Å². The van der Waals surface area contributed by atoms with E-state index in [1.165, 1.54) is 36.2 Å². The monoisotopic (exact) mass is 610 g/mol. The molecule has 8 nitrogen and oxygen atoms in total. The SMILES string of the molecule is CCc1ccc(-c2cc(C3CN(c4ncc(F)cc4OC)CCN3C=O)cc3cc(C4=CCCNC4)n(CC(C)C)c23)c(C)n1. The third kappa shape index (κ3) is 6.06. The highest BCUT2D eigenvalue weighted by Crippen LogP contribution is 2.40. The van der Waals surface area contributed by atoms with Crippen molar-refractivity contribution < 1.29 is 13.9 Å². The largest absolute Gasteiger partial charge is 0.493 e. The predicted octanol–water partition coefficient (Wildman–Crippen LogP) is 6.17. The number of aromatic nitrogens is 3. The fourth-order valence-electron chi connectivity index (χ4n) is 6.80. The van der Waals surface area contributed by atoms with E-state index in [-0.39, 0.29) is 6.04 Å². The molecule has 1 N–H and O–H groups in total. The van der Waals surface area contributed by atoms with Crippen LogP contribution >= 0.6 is 0 Å². The van der Waals surface area contributed by atoms with E-state index >= 15 is 0 Å².